The molecule has 1 heteroatoms. The molecule has 0 heterocycles. The van der Waals surface area contributed by atoms with Gasteiger partial charge in [0, 0.05) is 11.3 Å². The van der Waals surface area contributed by atoms with Crippen molar-refractivity contribution < 1.29 is 4.79 Å². The van der Waals surface area contributed by atoms with Crippen LogP contribution in [0.1, 0.15) is 45.6 Å². The summed E-state index contributed by atoms with van der Waals surface area (Å²) in [5, 5.41) is 0. The highest BCUT2D eigenvalue weighted by Crippen LogP contribution is 2.54. The highest BCUT2D eigenvalue weighted by molar-refractivity contribution is 5.93. The van der Waals surface area contributed by atoms with Crippen LogP contribution in [0.5, 0.6) is 0 Å². The SMILES string of the molecule is CC1(C)CC(C)(C)[C@H](c2ccccc2)C1=O. The fourth-order valence-corrected chi connectivity index (χ4v) is 3.32. The third kappa shape index (κ3) is 1.68. The highest BCUT2D eigenvalue weighted by Gasteiger charge is 2.52. The van der Waals surface area contributed by atoms with Crippen LogP contribution in [-0.4, -0.2) is 5.78 Å². The van der Waals surface area contributed by atoms with Gasteiger partial charge in [0.1, 0.15) is 5.78 Å². The molecule has 0 radical (unpaired) electrons. The van der Waals surface area contributed by atoms with E-state index in [0.29, 0.717) is 5.78 Å². The number of hydrogen-bond donors (Lipinski definition) is 0. The second-order valence-electron chi connectivity index (χ2n) is 6.26. The maximum Gasteiger partial charge on any atom is 0.146 e. The average Bonchev–Trinajstić information content (AvgIpc) is 2.33. The van der Waals surface area contributed by atoms with Crippen molar-refractivity contribution in [1.29, 1.82) is 0 Å². The zero-order chi connectivity index (χ0) is 12.0. The van der Waals surface area contributed by atoms with Gasteiger partial charge in [-0.25, -0.2) is 0 Å². The second kappa shape index (κ2) is 3.44. The first-order valence-corrected chi connectivity index (χ1v) is 5.94. The molecule has 1 atom stereocenters. The van der Waals surface area contributed by atoms with Crippen molar-refractivity contribution in [3.8, 4) is 0 Å². The minimum Gasteiger partial charge on any atom is -0.298 e. The zero-order valence-corrected chi connectivity index (χ0v) is 10.6. The molecule has 0 unspecified atom stereocenters. The molecule has 1 aliphatic rings. The van der Waals surface area contributed by atoms with Gasteiger partial charge in [0.2, 0.25) is 0 Å². The molecule has 0 saturated heterocycles. The van der Waals surface area contributed by atoms with Gasteiger partial charge in [0.05, 0.1) is 0 Å². The summed E-state index contributed by atoms with van der Waals surface area (Å²) in [6, 6.07) is 10.2. The van der Waals surface area contributed by atoms with E-state index in [1.165, 1.54) is 5.56 Å². The Morgan fingerprint density at radius 1 is 1.06 bits per heavy atom. The number of benzene rings is 1. The minimum atomic E-state index is -0.177. The number of Topliss-reactive ketones (excluding diaryl/α,β-unsaturated/α-hetero) is 1. The van der Waals surface area contributed by atoms with Gasteiger partial charge < -0.3 is 0 Å². The van der Waals surface area contributed by atoms with Gasteiger partial charge in [-0.15, -0.1) is 0 Å². The average molecular weight is 216 g/mol. The Labute approximate surface area is 97.9 Å². The lowest BCUT2D eigenvalue weighted by molar-refractivity contribution is -0.125. The van der Waals surface area contributed by atoms with E-state index in [2.05, 4.69) is 39.8 Å². The quantitative estimate of drug-likeness (QED) is 0.698. The van der Waals surface area contributed by atoms with Crippen molar-refractivity contribution in [3.05, 3.63) is 35.9 Å². The molecule has 86 valence electrons. The molecule has 2 rings (SSSR count). The summed E-state index contributed by atoms with van der Waals surface area (Å²) in [7, 11) is 0. The molecule has 1 aromatic rings. The summed E-state index contributed by atoms with van der Waals surface area (Å²) in [5.74, 6) is 0.451. The smallest absolute Gasteiger partial charge is 0.146 e. The molecule has 1 aliphatic carbocycles. The summed E-state index contributed by atoms with van der Waals surface area (Å²) in [6.07, 6.45) is 0.971. The number of carbonyl (C=O) groups is 1. The number of rotatable bonds is 1. The first-order valence-electron chi connectivity index (χ1n) is 5.94. The van der Waals surface area contributed by atoms with Crippen LogP contribution in [0, 0.1) is 10.8 Å². The maximum atomic E-state index is 12.4. The van der Waals surface area contributed by atoms with Crippen LogP contribution >= 0.6 is 0 Å². The zero-order valence-electron chi connectivity index (χ0n) is 10.6. The summed E-state index contributed by atoms with van der Waals surface area (Å²) in [4.78, 5) is 12.4. The van der Waals surface area contributed by atoms with Crippen LogP contribution in [0.3, 0.4) is 0 Å². The molecule has 1 aromatic carbocycles. The topological polar surface area (TPSA) is 17.1 Å². The van der Waals surface area contributed by atoms with E-state index >= 15 is 0 Å². The van der Waals surface area contributed by atoms with Crippen molar-refractivity contribution >= 4 is 5.78 Å². The fourth-order valence-electron chi connectivity index (χ4n) is 3.32. The Morgan fingerprint density at radius 3 is 2.06 bits per heavy atom. The van der Waals surface area contributed by atoms with Gasteiger partial charge >= 0.3 is 0 Å². The van der Waals surface area contributed by atoms with Gasteiger partial charge in [-0.05, 0) is 17.4 Å². The molecular weight excluding hydrogens is 196 g/mol. The summed E-state index contributed by atoms with van der Waals surface area (Å²) < 4.78 is 0. The number of hydrogen-bond acceptors (Lipinski definition) is 1. The van der Waals surface area contributed by atoms with Gasteiger partial charge in [-0.1, -0.05) is 58.0 Å². The van der Waals surface area contributed by atoms with Crippen LogP contribution < -0.4 is 0 Å². The van der Waals surface area contributed by atoms with Crippen LogP contribution in [0.2, 0.25) is 0 Å². The van der Waals surface area contributed by atoms with Gasteiger partial charge in [-0.3, -0.25) is 4.79 Å². The lowest BCUT2D eigenvalue weighted by Gasteiger charge is -2.25. The van der Waals surface area contributed by atoms with Crippen molar-refractivity contribution in [3.63, 3.8) is 0 Å². The predicted octanol–water partition coefficient (Wildman–Crippen LogP) is 3.80. The van der Waals surface area contributed by atoms with Crippen molar-refractivity contribution in [2.75, 3.05) is 0 Å². The molecule has 1 nitrogen and oxygen atoms in total. The Hall–Kier alpha value is -1.11. The van der Waals surface area contributed by atoms with E-state index in [4.69, 9.17) is 0 Å². The van der Waals surface area contributed by atoms with Crippen LogP contribution in [-0.2, 0) is 4.79 Å². The maximum absolute atomic E-state index is 12.4. The monoisotopic (exact) mass is 216 g/mol. The molecule has 1 fully saturated rings. The van der Waals surface area contributed by atoms with Crippen molar-refractivity contribution in [2.24, 2.45) is 10.8 Å². The Kier molecular flexibility index (Phi) is 2.45. The molecule has 0 bridgehead atoms. The van der Waals surface area contributed by atoms with E-state index in [1.807, 2.05) is 18.2 Å². The largest absolute Gasteiger partial charge is 0.298 e. The van der Waals surface area contributed by atoms with E-state index in [1.54, 1.807) is 0 Å². The number of carbonyl (C=O) groups excluding carboxylic acids is 1. The lowest BCUT2D eigenvalue weighted by atomic mass is 9.77. The van der Waals surface area contributed by atoms with Crippen LogP contribution in [0.15, 0.2) is 30.3 Å². The first kappa shape index (κ1) is 11.4. The standard InChI is InChI=1S/C15H20O/c1-14(2)10-15(3,4)13(16)12(14)11-8-6-5-7-9-11/h5-9,12H,10H2,1-4H3/t12-/m1/s1. The van der Waals surface area contributed by atoms with Crippen molar-refractivity contribution in [2.45, 2.75) is 40.0 Å². The van der Waals surface area contributed by atoms with Gasteiger partial charge in [-0.2, -0.15) is 0 Å². The fraction of sp³-hybridized carbons (Fsp3) is 0.533. The highest BCUT2D eigenvalue weighted by atomic mass is 16.1. The molecule has 0 spiro atoms. The van der Waals surface area contributed by atoms with E-state index in [9.17, 15) is 4.79 Å². The van der Waals surface area contributed by atoms with E-state index in [0.717, 1.165) is 6.42 Å². The second-order valence-corrected chi connectivity index (χ2v) is 6.26. The molecule has 0 aromatic heterocycles. The Balaban J connectivity index is 2.45. The molecule has 0 N–H and O–H groups in total. The molecule has 16 heavy (non-hydrogen) atoms. The first-order chi connectivity index (χ1) is 7.34. The van der Waals surface area contributed by atoms with Gasteiger partial charge in [0.25, 0.3) is 0 Å². The summed E-state index contributed by atoms with van der Waals surface area (Å²) in [5.41, 5.74) is 1.06. The molecule has 1 saturated carbocycles. The normalized spacial score (nSPS) is 27.0. The van der Waals surface area contributed by atoms with Gasteiger partial charge in [0.15, 0.2) is 0 Å². The Morgan fingerprint density at radius 2 is 1.62 bits per heavy atom. The van der Waals surface area contributed by atoms with Crippen LogP contribution in [0.25, 0.3) is 0 Å². The molecule has 0 amide bonds. The minimum absolute atomic E-state index is 0.0590. The van der Waals surface area contributed by atoms with Crippen LogP contribution in [0.4, 0.5) is 0 Å². The lowest BCUT2D eigenvalue weighted by Crippen LogP contribution is -2.22. The molecular formula is C15H20O. The molecule has 0 aliphatic heterocycles. The summed E-state index contributed by atoms with van der Waals surface area (Å²) >= 11 is 0. The van der Waals surface area contributed by atoms with Crippen molar-refractivity contribution in [1.82, 2.24) is 0 Å². The Bertz CT molecular complexity index is 401. The summed E-state index contributed by atoms with van der Waals surface area (Å²) in [6.45, 7) is 8.55. The predicted molar refractivity (Wildman–Crippen MR) is 66.4 cm³/mol. The van der Waals surface area contributed by atoms with E-state index in [-0.39, 0.29) is 16.7 Å². The third-order valence-electron chi connectivity index (χ3n) is 3.74. The third-order valence-corrected chi connectivity index (χ3v) is 3.74. The van der Waals surface area contributed by atoms with E-state index < -0.39 is 0 Å². The number of ketones is 1.